The Morgan fingerprint density at radius 3 is 2.76 bits per heavy atom. The van der Waals surface area contributed by atoms with Crippen molar-refractivity contribution < 1.29 is 0 Å². The van der Waals surface area contributed by atoms with Crippen molar-refractivity contribution in [2.24, 2.45) is 5.84 Å². The summed E-state index contributed by atoms with van der Waals surface area (Å²) in [5, 5.41) is 9.34. The number of hydrogen-bond donors (Lipinski definition) is 2. The molecule has 1 aromatic carbocycles. The van der Waals surface area contributed by atoms with Crippen LogP contribution in [0.5, 0.6) is 0 Å². The van der Waals surface area contributed by atoms with E-state index in [4.69, 9.17) is 5.84 Å². The van der Waals surface area contributed by atoms with Gasteiger partial charge in [0.2, 0.25) is 0 Å². The van der Waals surface area contributed by atoms with E-state index >= 15 is 0 Å². The minimum atomic E-state index is -0.121. The van der Waals surface area contributed by atoms with E-state index in [1.807, 2.05) is 44.2 Å². The van der Waals surface area contributed by atoms with E-state index in [9.17, 15) is 0 Å². The van der Waals surface area contributed by atoms with Crippen LogP contribution in [-0.4, -0.2) is 15.2 Å². The number of nitrogens with one attached hydrogen (secondary N) is 1. The summed E-state index contributed by atoms with van der Waals surface area (Å²) in [5.74, 6) is 5.79. The zero-order valence-electron chi connectivity index (χ0n) is 12.0. The number of hydrogen-bond acceptors (Lipinski definition) is 5. The number of fused-ring (bicyclic) bond motifs is 1. The Morgan fingerprint density at radius 1 is 1.10 bits per heavy atom. The highest BCUT2D eigenvalue weighted by Crippen LogP contribution is 2.26. The fourth-order valence-electron chi connectivity index (χ4n) is 2.50. The van der Waals surface area contributed by atoms with Crippen LogP contribution in [0.4, 0.5) is 0 Å². The minimum Gasteiger partial charge on any atom is -0.271 e. The van der Waals surface area contributed by atoms with E-state index in [-0.39, 0.29) is 6.04 Å². The maximum atomic E-state index is 5.79. The fraction of sp³-hybridized carbons (Fsp3) is 0.188. The number of nitrogens with zero attached hydrogens (tertiary/aromatic N) is 3. The van der Waals surface area contributed by atoms with E-state index in [1.165, 1.54) is 0 Å². The molecule has 0 amide bonds. The van der Waals surface area contributed by atoms with Gasteiger partial charge in [-0.3, -0.25) is 10.8 Å². The molecule has 5 nitrogen and oxygen atoms in total. The van der Waals surface area contributed by atoms with Gasteiger partial charge in [-0.05, 0) is 49.2 Å². The van der Waals surface area contributed by atoms with Gasteiger partial charge in [0.25, 0.3) is 0 Å². The number of benzene rings is 1. The van der Waals surface area contributed by atoms with Crippen LogP contribution in [0.15, 0.2) is 42.6 Å². The van der Waals surface area contributed by atoms with Crippen LogP contribution < -0.4 is 11.3 Å². The molecule has 3 rings (SSSR count). The van der Waals surface area contributed by atoms with Crippen molar-refractivity contribution in [3.8, 4) is 0 Å². The molecule has 0 spiro atoms. The quantitative estimate of drug-likeness (QED) is 0.567. The fourth-order valence-corrected chi connectivity index (χ4v) is 2.50. The monoisotopic (exact) mass is 279 g/mol. The highest BCUT2D eigenvalue weighted by atomic mass is 15.2. The van der Waals surface area contributed by atoms with Crippen LogP contribution in [0.3, 0.4) is 0 Å². The topological polar surface area (TPSA) is 76.7 Å². The first kappa shape index (κ1) is 13.6. The number of hydrazine groups is 1. The van der Waals surface area contributed by atoms with Gasteiger partial charge >= 0.3 is 0 Å². The predicted molar refractivity (Wildman–Crippen MR) is 82.4 cm³/mol. The van der Waals surface area contributed by atoms with Crippen LogP contribution in [0.1, 0.15) is 28.6 Å². The summed E-state index contributed by atoms with van der Waals surface area (Å²) in [7, 11) is 0. The van der Waals surface area contributed by atoms with Crippen LogP contribution in [0.25, 0.3) is 10.9 Å². The molecule has 5 heteroatoms. The normalized spacial score (nSPS) is 12.5. The van der Waals surface area contributed by atoms with Gasteiger partial charge in [-0.25, -0.2) is 5.43 Å². The van der Waals surface area contributed by atoms with Gasteiger partial charge in [0, 0.05) is 11.6 Å². The van der Waals surface area contributed by atoms with Crippen LogP contribution in [-0.2, 0) is 0 Å². The van der Waals surface area contributed by atoms with Crippen molar-refractivity contribution in [2.45, 2.75) is 19.9 Å². The molecule has 2 aromatic heterocycles. The predicted octanol–water partition coefficient (Wildman–Crippen LogP) is 2.19. The molecule has 0 bridgehead atoms. The Morgan fingerprint density at radius 2 is 1.95 bits per heavy atom. The number of rotatable bonds is 3. The van der Waals surface area contributed by atoms with Gasteiger partial charge < -0.3 is 0 Å². The molecule has 3 aromatic rings. The van der Waals surface area contributed by atoms with Crippen molar-refractivity contribution in [1.82, 2.24) is 20.6 Å². The summed E-state index contributed by atoms with van der Waals surface area (Å²) >= 11 is 0. The molecule has 0 saturated carbocycles. The third-order valence-corrected chi connectivity index (χ3v) is 3.58. The summed E-state index contributed by atoms with van der Waals surface area (Å²) in [6.45, 7) is 3.86. The number of aryl methyl sites for hydroxylation is 2. The van der Waals surface area contributed by atoms with Gasteiger partial charge in [-0.1, -0.05) is 12.1 Å². The molecule has 2 heterocycles. The highest BCUT2D eigenvalue weighted by molar-refractivity contribution is 5.79. The van der Waals surface area contributed by atoms with E-state index in [0.717, 1.165) is 33.4 Å². The maximum absolute atomic E-state index is 5.79. The van der Waals surface area contributed by atoms with Crippen molar-refractivity contribution in [1.29, 1.82) is 0 Å². The molecule has 0 aliphatic heterocycles. The van der Waals surface area contributed by atoms with Gasteiger partial charge in [-0.15, -0.1) is 0 Å². The van der Waals surface area contributed by atoms with Gasteiger partial charge in [-0.2, -0.15) is 10.2 Å². The van der Waals surface area contributed by atoms with E-state index < -0.39 is 0 Å². The molecular formula is C16H17N5. The Hall–Kier alpha value is -2.37. The van der Waals surface area contributed by atoms with Gasteiger partial charge in [0.05, 0.1) is 22.9 Å². The molecule has 0 radical (unpaired) electrons. The SMILES string of the molecule is Cc1cc(C(NN)c2ccc3ncccc3c2)c(C)nn1. The lowest BCUT2D eigenvalue weighted by atomic mass is 9.97. The summed E-state index contributed by atoms with van der Waals surface area (Å²) in [6, 6.07) is 12.0. The second kappa shape index (κ2) is 5.55. The van der Waals surface area contributed by atoms with Gasteiger partial charge in [0.15, 0.2) is 0 Å². The van der Waals surface area contributed by atoms with Crippen molar-refractivity contribution >= 4 is 10.9 Å². The lowest BCUT2D eigenvalue weighted by Gasteiger charge is -2.19. The lowest BCUT2D eigenvalue weighted by molar-refractivity contribution is 0.626. The van der Waals surface area contributed by atoms with E-state index in [0.29, 0.717) is 0 Å². The molecule has 21 heavy (non-hydrogen) atoms. The Bertz CT molecular complexity index is 784. The Kier molecular flexibility index (Phi) is 3.60. The van der Waals surface area contributed by atoms with Crippen LogP contribution in [0, 0.1) is 13.8 Å². The molecule has 0 fully saturated rings. The third kappa shape index (κ3) is 2.61. The first-order chi connectivity index (χ1) is 10.2. The average molecular weight is 279 g/mol. The molecular weight excluding hydrogens is 262 g/mol. The summed E-state index contributed by atoms with van der Waals surface area (Å²) in [6.07, 6.45) is 1.79. The summed E-state index contributed by atoms with van der Waals surface area (Å²) < 4.78 is 0. The average Bonchev–Trinajstić information content (AvgIpc) is 2.51. The van der Waals surface area contributed by atoms with Crippen molar-refractivity contribution in [2.75, 3.05) is 0 Å². The smallest absolute Gasteiger partial charge is 0.0729 e. The molecule has 0 aliphatic rings. The van der Waals surface area contributed by atoms with E-state index in [1.54, 1.807) is 6.20 Å². The second-order valence-electron chi connectivity index (χ2n) is 5.08. The molecule has 106 valence electrons. The van der Waals surface area contributed by atoms with E-state index in [2.05, 4.69) is 26.7 Å². The second-order valence-corrected chi connectivity index (χ2v) is 5.08. The Labute approximate surface area is 123 Å². The lowest BCUT2D eigenvalue weighted by Crippen LogP contribution is -2.29. The number of nitrogens with two attached hydrogens (primary N) is 1. The van der Waals surface area contributed by atoms with Crippen molar-refractivity contribution in [3.05, 3.63) is 65.1 Å². The largest absolute Gasteiger partial charge is 0.271 e. The first-order valence-corrected chi connectivity index (χ1v) is 6.80. The minimum absolute atomic E-state index is 0.121. The summed E-state index contributed by atoms with van der Waals surface area (Å²) in [4.78, 5) is 4.34. The maximum Gasteiger partial charge on any atom is 0.0729 e. The summed E-state index contributed by atoms with van der Waals surface area (Å²) in [5.41, 5.74) is 7.71. The molecule has 1 atom stereocenters. The van der Waals surface area contributed by atoms with Crippen LogP contribution >= 0.6 is 0 Å². The van der Waals surface area contributed by atoms with Gasteiger partial charge in [0.1, 0.15) is 0 Å². The first-order valence-electron chi connectivity index (χ1n) is 6.80. The molecule has 0 aliphatic carbocycles. The number of pyridine rings is 1. The number of aromatic nitrogens is 3. The molecule has 0 saturated heterocycles. The zero-order valence-corrected chi connectivity index (χ0v) is 12.0. The zero-order chi connectivity index (χ0) is 14.8. The Balaban J connectivity index is 2.11. The third-order valence-electron chi connectivity index (χ3n) is 3.58. The van der Waals surface area contributed by atoms with Crippen molar-refractivity contribution in [3.63, 3.8) is 0 Å². The molecule has 3 N–H and O–H groups in total. The highest BCUT2D eigenvalue weighted by Gasteiger charge is 2.16. The molecule has 1 unspecified atom stereocenters. The standard InChI is InChI=1S/C16H17N5/c1-10-8-14(11(2)21-20-10)16(19-17)13-5-6-15-12(9-13)4-3-7-18-15/h3-9,16,19H,17H2,1-2H3. The van der Waals surface area contributed by atoms with Crippen LogP contribution in [0.2, 0.25) is 0 Å².